The van der Waals surface area contributed by atoms with Crippen molar-refractivity contribution < 1.29 is 22.7 Å². The maximum atomic E-state index is 12.9. The summed E-state index contributed by atoms with van der Waals surface area (Å²) >= 11 is 0. The van der Waals surface area contributed by atoms with E-state index in [9.17, 15) is 18.0 Å². The molecule has 2 aromatic carbocycles. The number of fused-ring (bicyclic) bond motifs is 1. The van der Waals surface area contributed by atoms with Crippen LogP contribution in [0, 0.1) is 0 Å². The minimum absolute atomic E-state index is 0.0290. The standard InChI is InChI=1S/C24H28F3N5O2/c1-2-3-14-34-20-7-5-18(6-8-20)28-23(33)16-31-12-10-19(11-13-31)32-22-9-4-17(24(25,26)27)15-21(22)29-30-32/h4-9,15,19H,2-3,10-14,16H2,1H3,(H,28,33). The molecule has 0 radical (unpaired) electrons. The van der Waals surface area contributed by atoms with Crippen LogP contribution in [-0.4, -0.2) is 52.0 Å². The Labute approximate surface area is 195 Å². The van der Waals surface area contributed by atoms with E-state index in [1.54, 1.807) is 4.68 Å². The van der Waals surface area contributed by atoms with E-state index in [0.29, 0.717) is 25.2 Å². The van der Waals surface area contributed by atoms with Gasteiger partial charge in [0.15, 0.2) is 0 Å². The van der Waals surface area contributed by atoms with Crippen LogP contribution in [-0.2, 0) is 11.0 Å². The van der Waals surface area contributed by atoms with Crippen molar-refractivity contribution in [1.82, 2.24) is 19.9 Å². The Hall–Kier alpha value is -3.14. The van der Waals surface area contributed by atoms with E-state index in [4.69, 9.17) is 4.74 Å². The molecule has 7 nitrogen and oxygen atoms in total. The lowest BCUT2D eigenvalue weighted by molar-refractivity contribution is -0.137. The summed E-state index contributed by atoms with van der Waals surface area (Å²) in [5, 5.41) is 10.9. The number of unbranched alkanes of at least 4 members (excludes halogenated alkanes) is 1. The molecule has 1 fully saturated rings. The molecular formula is C24H28F3N5O2. The van der Waals surface area contributed by atoms with Gasteiger partial charge in [0.1, 0.15) is 11.3 Å². The average molecular weight is 476 g/mol. The number of hydrogen-bond donors (Lipinski definition) is 1. The first-order valence-electron chi connectivity index (χ1n) is 11.5. The van der Waals surface area contributed by atoms with E-state index >= 15 is 0 Å². The van der Waals surface area contributed by atoms with Crippen LogP contribution in [0.15, 0.2) is 42.5 Å². The Bertz CT molecular complexity index is 1110. The first kappa shape index (κ1) is 24.0. The van der Waals surface area contributed by atoms with Gasteiger partial charge in [0.05, 0.1) is 30.3 Å². The second kappa shape index (κ2) is 10.4. The van der Waals surface area contributed by atoms with Gasteiger partial charge in [0.2, 0.25) is 5.91 Å². The summed E-state index contributed by atoms with van der Waals surface area (Å²) in [4.78, 5) is 14.5. The molecule has 0 unspecified atom stereocenters. The van der Waals surface area contributed by atoms with Crippen LogP contribution in [0.25, 0.3) is 11.0 Å². The lowest BCUT2D eigenvalue weighted by Crippen LogP contribution is -2.39. The quantitative estimate of drug-likeness (QED) is 0.469. The first-order valence-corrected chi connectivity index (χ1v) is 11.5. The molecule has 4 rings (SSSR count). The van der Waals surface area contributed by atoms with Gasteiger partial charge in [-0.15, -0.1) is 5.10 Å². The number of aromatic nitrogens is 3. The van der Waals surface area contributed by atoms with E-state index in [1.807, 2.05) is 24.3 Å². The highest BCUT2D eigenvalue weighted by atomic mass is 19.4. The Kier molecular flexibility index (Phi) is 7.35. The van der Waals surface area contributed by atoms with Crippen molar-refractivity contribution >= 4 is 22.6 Å². The van der Waals surface area contributed by atoms with E-state index in [1.165, 1.54) is 6.07 Å². The fraction of sp³-hybridized carbons (Fsp3) is 0.458. The molecule has 0 aliphatic carbocycles. The fourth-order valence-electron chi connectivity index (χ4n) is 4.08. The van der Waals surface area contributed by atoms with Crippen molar-refractivity contribution in [2.75, 3.05) is 31.6 Å². The molecule has 2 heterocycles. The van der Waals surface area contributed by atoms with Gasteiger partial charge in [-0.1, -0.05) is 18.6 Å². The Morgan fingerprint density at radius 3 is 2.56 bits per heavy atom. The number of amides is 1. The molecule has 0 spiro atoms. The molecule has 0 saturated carbocycles. The van der Waals surface area contributed by atoms with Crippen LogP contribution < -0.4 is 10.1 Å². The highest BCUT2D eigenvalue weighted by Gasteiger charge is 2.31. The number of ether oxygens (including phenoxy) is 1. The van der Waals surface area contributed by atoms with Crippen molar-refractivity contribution in [3.8, 4) is 5.75 Å². The fourth-order valence-corrected chi connectivity index (χ4v) is 4.08. The predicted octanol–water partition coefficient (Wildman–Crippen LogP) is 4.90. The summed E-state index contributed by atoms with van der Waals surface area (Å²) in [7, 11) is 0. The van der Waals surface area contributed by atoms with E-state index in [2.05, 4.69) is 27.5 Å². The minimum atomic E-state index is -4.41. The molecule has 0 atom stereocenters. The van der Waals surface area contributed by atoms with E-state index in [-0.39, 0.29) is 24.0 Å². The molecule has 1 aliphatic rings. The lowest BCUT2D eigenvalue weighted by Gasteiger charge is -2.31. The number of hydrogen-bond acceptors (Lipinski definition) is 5. The number of likely N-dealkylation sites (tertiary alicyclic amines) is 1. The summed E-state index contributed by atoms with van der Waals surface area (Å²) in [5.41, 5.74) is 0.811. The second-order valence-electron chi connectivity index (χ2n) is 8.52. The van der Waals surface area contributed by atoms with Gasteiger partial charge < -0.3 is 10.1 Å². The van der Waals surface area contributed by atoms with Gasteiger partial charge in [-0.2, -0.15) is 13.2 Å². The van der Waals surface area contributed by atoms with Crippen molar-refractivity contribution in [1.29, 1.82) is 0 Å². The average Bonchev–Trinajstić information content (AvgIpc) is 3.24. The van der Waals surface area contributed by atoms with Gasteiger partial charge in [0.25, 0.3) is 0 Å². The minimum Gasteiger partial charge on any atom is -0.494 e. The number of nitrogens with zero attached hydrogens (tertiary/aromatic N) is 4. The number of piperidine rings is 1. The first-order chi connectivity index (χ1) is 16.3. The third-order valence-corrected chi connectivity index (χ3v) is 5.97. The van der Waals surface area contributed by atoms with Crippen LogP contribution in [0.1, 0.15) is 44.2 Å². The molecule has 1 aromatic heterocycles. The molecule has 0 bridgehead atoms. The van der Waals surface area contributed by atoms with Crippen LogP contribution in [0.3, 0.4) is 0 Å². The molecule has 34 heavy (non-hydrogen) atoms. The lowest BCUT2D eigenvalue weighted by atomic mass is 10.0. The highest BCUT2D eigenvalue weighted by molar-refractivity contribution is 5.92. The Balaban J connectivity index is 1.27. The summed E-state index contributed by atoms with van der Waals surface area (Å²) in [5.74, 6) is 0.688. The van der Waals surface area contributed by atoms with Gasteiger partial charge in [-0.3, -0.25) is 9.69 Å². The molecule has 10 heteroatoms. The van der Waals surface area contributed by atoms with Crippen LogP contribution >= 0.6 is 0 Å². The maximum Gasteiger partial charge on any atom is 0.416 e. The van der Waals surface area contributed by atoms with Crippen LogP contribution in [0.5, 0.6) is 5.75 Å². The van der Waals surface area contributed by atoms with Crippen molar-refractivity contribution in [3.05, 3.63) is 48.0 Å². The monoisotopic (exact) mass is 475 g/mol. The third kappa shape index (κ3) is 5.85. The molecule has 1 aliphatic heterocycles. The zero-order chi connectivity index (χ0) is 24.1. The largest absolute Gasteiger partial charge is 0.494 e. The van der Waals surface area contributed by atoms with Crippen LogP contribution in [0.4, 0.5) is 18.9 Å². The van der Waals surface area contributed by atoms with Crippen LogP contribution in [0.2, 0.25) is 0 Å². The summed E-state index contributed by atoms with van der Waals surface area (Å²) in [6.45, 7) is 4.43. The van der Waals surface area contributed by atoms with Gasteiger partial charge in [-0.25, -0.2) is 4.68 Å². The second-order valence-corrected chi connectivity index (χ2v) is 8.52. The topological polar surface area (TPSA) is 72.3 Å². The zero-order valence-corrected chi connectivity index (χ0v) is 19.0. The van der Waals surface area contributed by atoms with E-state index in [0.717, 1.165) is 49.3 Å². The SMILES string of the molecule is CCCCOc1ccc(NC(=O)CN2CCC(n3nnc4cc(C(F)(F)F)ccc43)CC2)cc1. The third-order valence-electron chi connectivity index (χ3n) is 5.97. The normalized spacial score (nSPS) is 15.5. The maximum absolute atomic E-state index is 12.9. The van der Waals surface area contributed by atoms with Crippen molar-refractivity contribution in [2.45, 2.75) is 44.8 Å². The van der Waals surface area contributed by atoms with Gasteiger partial charge in [-0.05, 0) is 61.7 Å². The molecular weight excluding hydrogens is 447 g/mol. The number of anilines is 1. The molecule has 1 N–H and O–H groups in total. The van der Waals surface area contributed by atoms with Crippen molar-refractivity contribution in [2.24, 2.45) is 0 Å². The van der Waals surface area contributed by atoms with Crippen molar-refractivity contribution in [3.63, 3.8) is 0 Å². The number of halogens is 3. The Morgan fingerprint density at radius 2 is 1.88 bits per heavy atom. The zero-order valence-electron chi connectivity index (χ0n) is 19.0. The molecule has 182 valence electrons. The Morgan fingerprint density at radius 1 is 1.15 bits per heavy atom. The number of carbonyl (C=O) groups excluding carboxylic acids is 1. The highest BCUT2D eigenvalue weighted by Crippen LogP contribution is 2.32. The van der Waals surface area contributed by atoms with Gasteiger partial charge >= 0.3 is 6.18 Å². The molecule has 1 saturated heterocycles. The summed E-state index contributed by atoms with van der Waals surface area (Å²) in [6.07, 6.45) is -0.869. The predicted molar refractivity (Wildman–Crippen MR) is 123 cm³/mol. The number of nitrogens with one attached hydrogen (secondary N) is 1. The van der Waals surface area contributed by atoms with Gasteiger partial charge in [0, 0.05) is 18.8 Å². The number of carbonyl (C=O) groups is 1. The molecule has 1 amide bonds. The summed E-state index contributed by atoms with van der Waals surface area (Å²) < 4.78 is 46.2. The smallest absolute Gasteiger partial charge is 0.416 e. The number of alkyl halides is 3. The number of benzene rings is 2. The van der Waals surface area contributed by atoms with E-state index < -0.39 is 11.7 Å². The summed E-state index contributed by atoms with van der Waals surface area (Å²) in [6, 6.07) is 10.9. The number of rotatable bonds is 8. The molecule has 3 aromatic rings.